The highest BCUT2D eigenvalue weighted by atomic mass is 16.3. The molecule has 2 heteroatoms. The number of hydrogen-bond acceptors (Lipinski definition) is 2. The van der Waals surface area contributed by atoms with Crippen LogP contribution >= 0.6 is 0 Å². The van der Waals surface area contributed by atoms with Gasteiger partial charge in [-0.2, -0.15) is 0 Å². The standard InChI is InChI=1S/C19H17NO/c1-3-9-16-15-12-7-8-13-17(15)21-19(16)18(20-2)14-10-5-4-6-11-14/h4-13H,2-3H2,1H3/b16-9+,19-18+. The molecule has 0 unspecified atom stereocenters. The molecule has 0 aliphatic rings. The molecule has 0 bridgehead atoms. The highest BCUT2D eigenvalue weighted by Crippen LogP contribution is 2.13. The molecule has 3 aromatic rings. The van der Waals surface area contributed by atoms with E-state index in [-0.39, 0.29) is 0 Å². The zero-order chi connectivity index (χ0) is 14.7. The van der Waals surface area contributed by atoms with E-state index in [1.54, 1.807) is 0 Å². The maximum atomic E-state index is 6.06. The molecule has 0 fully saturated rings. The van der Waals surface area contributed by atoms with Crippen molar-refractivity contribution >= 4 is 29.5 Å². The van der Waals surface area contributed by atoms with Crippen LogP contribution in [0, 0.1) is 0 Å². The summed E-state index contributed by atoms with van der Waals surface area (Å²) in [7, 11) is 0. The number of fused-ring (bicyclic) bond motifs is 1. The van der Waals surface area contributed by atoms with Crippen LogP contribution in [0.15, 0.2) is 64.0 Å². The lowest BCUT2D eigenvalue weighted by molar-refractivity contribution is 0.571. The van der Waals surface area contributed by atoms with E-state index in [9.17, 15) is 0 Å². The van der Waals surface area contributed by atoms with Gasteiger partial charge in [0.05, 0.1) is 0 Å². The zero-order valence-corrected chi connectivity index (χ0v) is 12.0. The Hall–Kier alpha value is -2.61. The summed E-state index contributed by atoms with van der Waals surface area (Å²) in [4.78, 5) is 4.22. The molecule has 104 valence electrons. The van der Waals surface area contributed by atoms with Crippen LogP contribution < -0.4 is 10.6 Å². The molecule has 0 spiro atoms. The van der Waals surface area contributed by atoms with E-state index in [0.29, 0.717) is 0 Å². The highest BCUT2D eigenvalue weighted by Gasteiger charge is 2.08. The van der Waals surface area contributed by atoms with Crippen LogP contribution in [0.4, 0.5) is 0 Å². The maximum Gasteiger partial charge on any atom is 0.161 e. The van der Waals surface area contributed by atoms with Crippen LogP contribution in [0.5, 0.6) is 0 Å². The lowest BCUT2D eigenvalue weighted by Crippen LogP contribution is -2.23. The van der Waals surface area contributed by atoms with E-state index < -0.39 is 0 Å². The lowest BCUT2D eigenvalue weighted by atomic mass is 10.1. The van der Waals surface area contributed by atoms with Gasteiger partial charge in [0.2, 0.25) is 0 Å². The largest absolute Gasteiger partial charge is 0.454 e. The monoisotopic (exact) mass is 275 g/mol. The molecule has 0 aliphatic carbocycles. The normalized spacial score (nSPS) is 13.5. The van der Waals surface area contributed by atoms with Gasteiger partial charge in [0, 0.05) is 16.2 Å². The first-order chi connectivity index (χ1) is 10.3. The molecule has 1 aromatic heterocycles. The quantitative estimate of drug-likeness (QED) is 0.672. The third-order valence-electron chi connectivity index (χ3n) is 3.46. The third-order valence-corrected chi connectivity index (χ3v) is 3.46. The van der Waals surface area contributed by atoms with Crippen LogP contribution in [-0.2, 0) is 0 Å². The Morgan fingerprint density at radius 1 is 1.10 bits per heavy atom. The molecule has 0 amide bonds. The van der Waals surface area contributed by atoms with Crippen molar-refractivity contribution in [2.75, 3.05) is 0 Å². The van der Waals surface area contributed by atoms with Crippen LogP contribution in [0.1, 0.15) is 18.9 Å². The van der Waals surface area contributed by atoms with Crippen molar-refractivity contribution in [3.05, 3.63) is 70.8 Å². The van der Waals surface area contributed by atoms with Gasteiger partial charge in [-0.25, -0.2) is 0 Å². The van der Waals surface area contributed by atoms with E-state index in [0.717, 1.165) is 39.3 Å². The molecular weight excluding hydrogens is 258 g/mol. The number of hydrogen-bond donors (Lipinski definition) is 0. The SMILES string of the molecule is C=N/C(c1ccccc1)=c1/oc2ccccc2/c1=C\CC. The summed E-state index contributed by atoms with van der Waals surface area (Å²) in [6.45, 7) is 5.84. The van der Waals surface area contributed by atoms with Crippen LogP contribution in [0.25, 0.3) is 22.7 Å². The van der Waals surface area contributed by atoms with Crippen molar-refractivity contribution in [3.8, 4) is 0 Å². The fraction of sp³-hybridized carbons (Fsp3) is 0.105. The molecule has 0 saturated heterocycles. The third kappa shape index (κ3) is 2.40. The summed E-state index contributed by atoms with van der Waals surface area (Å²) >= 11 is 0. The van der Waals surface area contributed by atoms with E-state index in [1.165, 1.54) is 0 Å². The second kappa shape index (κ2) is 5.80. The minimum atomic E-state index is 0.784. The van der Waals surface area contributed by atoms with Gasteiger partial charge in [0.1, 0.15) is 11.3 Å². The topological polar surface area (TPSA) is 25.5 Å². The van der Waals surface area contributed by atoms with E-state index in [4.69, 9.17) is 4.42 Å². The lowest BCUT2D eigenvalue weighted by Gasteiger charge is -1.98. The van der Waals surface area contributed by atoms with E-state index in [2.05, 4.69) is 30.8 Å². The van der Waals surface area contributed by atoms with Gasteiger partial charge in [0.15, 0.2) is 5.42 Å². The summed E-state index contributed by atoms with van der Waals surface area (Å²) in [5.41, 5.74) is 3.47. The Labute approximate surface area is 123 Å². The first-order valence-corrected chi connectivity index (χ1v) is 7.09. The van der Waals surface area contributed by atoms with Crippen molar-refractivity contribution < 1.29 is 4.42 Å². The Balaban J connectivity index is 2.48. The number of rotatable bonds is 3. The molecule has 0 aliphatic heterocycles. The number of furan rings is 1. The molecule has 1 heterocycles. The molecule has 21 heavy (non-hydrogen) atoms. The second-order valence-electron chi connectivity index (χ2n) is 4.83. The first kappa shape index (κ1) is 13.4. The van der Waals surface area contributed by atoms with Crippen LogP contribution in [-0.4, -0.2) is 6.72 Å². The molecule has 2 aromatic carbocycles. The fourth-order valence-corrected chi connectivity index (χ4v) is 2.54. The number of nitrogens with zero attached hydrogens (tertiary/aromatic N) is 1. The van der Waals surface area contributed by atoms with Crippen molar-refractivity contribution in [1.29, 1.82) is 0 Å². The predicted octanol–water partition coefficient (Wildman–Crippen LogP) is 3.48. The van der Waals surface area contributed by atoms with Gasteiger partial charge in [-0.15, -0.1) is 0 Å². The summed E-state index contributed by atoms with van der Waals surface area (Å²) in [6, 6.07) is 18.1. The zero-order valence-electron chi connectivity index (χ0n) is 12.0. The summed E-state index contributed by atoms with van der Waals surface area (Å²) < 4.78 is 6.06. The van der Waals surface area contributed by atoms with Gasteiger partial charge < -0.3 is 4.42 Å². The molecule has 0 N–H and O–H groups in total. The maximum absolute atomic E-state index is 6.06. The minimum absolute atomic E-state index is 0.784. The minimum Gasteiger partial charge on any atom is -0.454 e. The van der Waals surface area contributed by atoms with E-state index >= 15 is 0 Å². The van der Waals surface area contributed by atoms with Gasteiger partial charge in [-0.05, 0) is 19.2 Å². The van der Waals surface area contributed by atoms with Crippen LogP contribution in [0.3, 0.4) is 0 Å². The number of aliphatic imine (C=N–C) groups is 1. The molecular formula is C19H17NO. The van der Waals surface area contributed by atoms with Crippen molar-refractivity contribution in [3.63, 3.8) is 0 Å². The average molecular weight is 275 g/mol. The molecule has 2 nitrogen and oxygen atoms in total. The Morgan fingerprint density at radius 3 is 2.52 bits per heavy atom. The first-order valence-electron chi connectivity index (χ1n) is 7.09. The summed E-state index contributed by atoms with van der Waals surface area (Å²) in [5.74, 6) is 0. The van der Waals surface area contributed by atoms with Crippen molar-refractivity contribution in [2.45, 2.75) is 13.3 Å². The Bertz CT molecular complexity index is 888. The molecule has 0 radical (unpaired) electrons. The second-order valence-corrected chi connectivity index (χ2v) is 4.83. The molecule has 3 rings (SSSR count). The number of para-hydroxylation sites is 1. The van der Waals surface area contributed by atoms with Gasteiger partial charge in [-0.3, -0.25) is 4.99 Å². The Morgan fingerprint density at radius 2 is 1.81 bits per heavy atom. The van der Waals surface area contributed by atoms with E-state index in [1.807, 2.05) is 48.5 Å². The van der Waals surface area contributed by atoms with Crippen molar-refractivity contribution in [1.82, 2.24) is 0 Å². The molecule has 0 saturated carbocycles. The summed E-state index contributed by atoms with van der Waals surface area (Å²) in [5, 5.41) is 2.21. The number of benzene rings is 2. The van der Waals surface area contributed by atoms with Crippen LogP contribution in [0.2, 0.25) is 0 Å². The Kier molecular flexibility index (Phi) is 3.69. The highest BCUT2D eigenvalue weighted by molar-refractivity contribution is 5.80. The summed E-state index contributed by atoms with van der Waals surface area (Å²) in [6.07, 6.45) is 3.12. The fourth-order valence-electron chi connectivity index (χ4n) is 2.54. The van der Waals surface area contributed by atoms with Crippen molar-refractivity contribution in [2.24, 2.45) is 4.99 Å². The predicted molar refractivity (Wildman–Crippen MR) is 88.7 cm³/mol. The van der Waals surface area contributed by atoms with Gasteiger partial charge in [-0.1, -0.05) is 61.5 Å². The van der Waals surface area contributed by atoms with Gasteiger partial charge in [0.25, 0.3) is 0 Å². The average Bonchev–Trinajstić information content (AvgIpc) is 2.89. The van der Waals surface area contributed by atoms with Gasteiger partial charge >= 0.3 is 0 Å². The molecule has 0 atom stereocenters. The smallest absolute Gasteiger partial charge is 0.161 e.